The van der Waals surface area contributed by atoms with Gasteiger partial charge in [0.05, 0.1) is 17.1 Å². The first-order valence-electron chi connectivity index (χ1n) is 9.39. The van der Waals surface area contributed by atoms with Crippen LogP contribution < -0.4 is 4.90 Å². The summed E-state index contributed by atoms with van der Waals surface area (Å²) in [6.07, 6.45) is 4.68. The molecule has 1 aromatic carbocycles. The van der Waals surface area contributed by atoms with Gasteiger partial charge in [0.25, 0.3) is 0 Å². The summed E-state index contributed by atoms with van der Waals surface area (Å²) < 4.78 is 0. The Morgan fingerprint density at radius 3 is 2.70 bits per heavy atom. The molecule has 0 N–H and O–H groups in total. The van der Waals surface area contributed by atoms with Gasteiger partial charge in [-0.1, -0.05) is 36.4 Å². The van der Waals surface area contributed by atoms with Crippen LogP contribution in [-0.4, -0.2) is 18.2 Å². The maximum atomic E-state index is 13.0. The van der Waals surface area contributed by atoms with Crippen LogP contribution in [-0.2, 0) is 24.2 Å². The number of rotatable bonds is 3. The minimum atomic E-state index is 0.0882. The summed E-state index contributed by atoms with van der Waals surface area (Å²) >= 11 is 3.52. The van der Waals surface area contributed by atoms with Crippen LogP contribution in [0.15, 0.2) is 52.8 Å². The van der Waals surface area contributed by atoms with Gasteiger partial charge in [0.2, 0.25) is 5.91 Å². The van der Waals surface area contributed by atoms with E-state index in [1.165, 1.54) is 28.8 Å². The van der Waals surface area contributed by atoms with E-state index in [2.05, 4.69) is 29.6 Å². The zero-order chi connectivity index (χ0) is 18.2. The second-order valence-electron chi connectivity index (χ2n) is 7.00. The van der Waals surface area contributed by atoms with Crippen LogP contribution >= 0.6 is 22.7 Å². The van der Waals surface area contributed by atoms with Crippen LogP contribution in [0, 0.1) is 0 Å². The fourth-order valence-corrected chi connectivity index (χ4v) is 6.10. The predicted octanol–water partition coefficient (Wildman–Crippen LogP) is 5.07. The van der Waals surface area contributed by atoms with Crippen molar-refractivity contribution >= 4 is 39.3 Å². The van der Waals surface area contributed by atoms with E-state index in [1.807, 2.05) is 34.4 Å². The van der Waals surface area contributed by atoms with Crippen molar-refractivity contribution in [1.82, 2.24) is 0 Å². The summed E-state index contributed by atoms with van der Waals surface area (Å²) in [7, 11) is 0. The van der Waals surface area contributed by atoms with Gasteiger partial charge in [-0.25, -0.2) is 0 Å². The first-order valence-corrected chi connectivity index (χ1v) is 11.1. The maximum absolute atomic E-state index is 13.0. The number of anilines is 1. The summed E-state index contributed by atoms with van der Waals surface area (Å²) in [5.74, 6) is 0.0882. The zero-order valence-corrected chi connectivity index (χ0v) is 16.6. The molecular formula is C22H20N2OS2. The number of fused-ring (bicyclic) bond motifs is 3. The van der Waals surface area contributed by atoms with E-state index in [9.17, 15) is 4.79 Å². The van der Waals surface area contributed by atoms with Crippen LogP contribution in [0.25, 0.3) is 0 Å². The van der Waals surface area contributed by atoms with Crippen molar-refractivity contribution in [2.75, 3.05) is 11.4 Å². The van der Waals surface area contributed by atoms with Crippen LogP contribution in [0.3, 0.4) is 0 Å². The van der Waals surface area contributed by atoms with E-state index < -0.39 is 0 Å². The van der Waals surface area contributed by atoms with Crippen LogP contribution in [0.5, 0.6) is 0 Å². The third kappa shape index (κ3) is 3.05. The number of hydrogen-bond donors (Lipinski definition) is 0. The third-order valence-corrected chi connectivity index (χ3v) is 7.44. The molecular weight excluding hydrogens is 372 g/mol. The summed E-state index contributed by atoms with van der Waals surface area (Å²) in [5.41, 5.74) is 4.83. The lowest BCUT2D eigenvalue weighted by atomic mass is 9.93. The minimum Gasteiger partial charge on any atom is -0.297 e. The molecule has 1 amide bonds. The molecule has 0 spiro atoms. The quantitative estimate of drug-likeness (QED) is 0.612. The highest BCUT2D eigenvalue weighted by molar-refractivity contribution is 7.17. The summed E-state index contributed by atoms with van der Waals surface area (Å²) in [6, 6.07) is 14.4. The highest BCUT2D eigenvalue weighted by Gasteiger charge is 2.32. The Kier molecular flexibility index (Phi) is 4.42. The molecule has 1 aliphatic carbocycles. The van der Waals surface area contributed by atoms with Gasteiger partial charge >= 0.3 is 0 Å². The number of hydrogen-bond acceptors (Lipinski definition) is 4. The second-order valence-corrected chi connectivity index (χ2v) is 9.03. The predicted molar refractivity (Wildman–Crippen MR) is 113 cm³/mol. The van der Waals surface area contributed by atoms with Crippen molar-refractivity contribution < 1.29 is 4.79 Å². The molecule has 5 heteroatoms. The van der Waals surface area contributed by atoms with Crippen molar-refractivity contribution in [2.45, 2.75) is 32.2 Å². The molecule has 136 valence electrons. The van der Waals surface area contributed by atoms with Crippen LogP contribution in [0.2, 0.25) is 0 Å². The maximum Gasteiger partial charge on any atom is 0.249 e. The first-order chi connectivity index (χ1) is 13.3. The molecule has 0 radical (unpaired) electrons. The van der Waals surface area contributed by atoms with Crippen molar-refractivity contribution in [1.29, 1.82) is 0 Å². The SMILES string of the molecule is O=C1CN=C(c2cccs2)c2c(sc3c2CCCC3)N1Cc1ccccc1. The molecule has 0 fully saturated rings. The minimum absolute atomic E-state index is 0.0882. The molecule has 0 bridgehead atoms. The Morgan fingerprint density at radius 1 is 1.04 bits per heavy atom. The molecule has 3 aromatic rings. The number of carbonyl (C=O) groups excluding carboxylic acids is 1. The van der Waals surface area contributed by atoms with Gasteiger partial charge in [-0.05, 0) is 48.3 Å². The lowest BCUT2D eigenvalue weighted by Crippen LogP contribution is -2.31. The molecule has 3 heterocycles. The molecule has 0 saturated carbocycles. The van der Waals surface area contributed by atoms with Crippen molar-refractivity contribution in [3.8, 4) is 0 Å². The molecule has 1 aliphatic heterocycles. The van der Waals surface area contributed by atoms with Gasteiger partial charge in [0, 0.05) is 10.4 Å². The first kappa shape index (κ1) is 16.9. The van der Waals surface area contributed by atoms with Gasteiger partial charge in [-0.3, -0.25) is 14.7 Å². The number of nitrogens with zero attached hydrogens (tertiary/aromatic N) is 2. The number of carbonyl (C=O) groups is 1. The molecule has 2 aliphatic rings. The Morgan fingerprint density at radius 2 is 1.89 bits per heavy atom. The Balaban J connectivity index is 1.66. The third-order valence-electron chi connectivity index (χ3n) is 5.25. The van der Waals surface area contributed by atoms with Gasteiger partial charge in [-0.15, -0.1) is 22.7 Å². The smallest absolute Gasteiger partial charge is 0.249 e. The Hall–Kier alpha value is -2.24. The van der Waals surface area contributed by atoms with Crippen molar-refractivity contribution in [3.05, 3.63) is 74.3 Å². The largest absolute Gasteiger partial charge is 0.297 e. The fourth-order valence-electron chi connectivity index (χ4n) is 3.95. The average Bonchev–Trinajstić information content (AvgIpc) is 3.33. The average molecular weight is 393 g/mol. The standard InChI is InChI=1S/C22H20N2OS2/c25-19-13-23-21(18-11-6-12-26-18)20-16-9-4-5-10-17(16)27-22(20)24(19)14-15-7-2-1-3-8-15/h1-3,6-8,11-12H,4-5,9-10,13-14H2. The Bertz CT molecular complexity index is 1000. The summed E-state index contributed by atoms with van der Waals surface area (Å²) in [4.78, 5) is 22.4. The fraction of sp³-hybridized carbons (Fsp3) is 0.273. The van der Waals surface area contributed by atoms with Crippen LogP contribution in [0.4, 0.5) is 5.00 Å². The van der Waals surface area contributed by atoms with Gasteiger partial charge in [0.15, 0.2) is 0 Å². The van der Waals surface area contributed by atoms with E-state index in [0.29, 0.717) is 6.54 Å². The molecule has 3 nitrogen and oxygen atoms in total. The molecule has 0 atom stereocenters. The highest BCUT2D eigenvalue weighted by atomic mass is 32.1. The molecule has 2 aromatic heterocycles. The molecule has 0 unspecified atom stereocenters. The number of benzene rings is 1. The summed E-state index contributed by atoms with van der Waals surface area (Å²) in [5, 5.41) is 3.19. The van der Waals surface area contributed by atoms with E-state index >= 15 is 0 Å². The highest BCUT2D eigenvalue weighted by Crippen LogP contribution is 2.43. The summed E-state index contributed by atoms with van der Waals surface area (Å²) in [6.45, 7) is 0.829. The van der Waals surface area contributed by atoms with E-state index in [0.717, 1.165) is 34.0 Å². The van der Waals surface area contributed by atoms with E-state index in [1.54, 1.807) is 11.3 Å². The topological polar surface area (TPSA) is 32.7 Å². The zero-order valence-electron chi connectivity index (χ0n) is 15.0. The van der Waals surface area contributed by atoms with Crippen LogP contribution in [0.1, 0.15) is 39.3 Å². The molecule has 0 saturated heterocycles. The number of aryl methyl sites for hydroxylation is 1. The number of amides is 1. The normalized spacial score (nSPS) is 16.5. The van der Waals surface area contributed by atoms with Crippen molar-refractivity contribution in [3.63, 3.8) is 0 Å². The lowest BCUT2D eigenvalue weighted by Gasteiger charge is -2.21. The monoisotopic (exact) mass is 392 g/mol. The van der Waals surface area contributed by atoms with E-state index in [-0.39, 0.29) is 12.5 Å². The van der Waals surface area contributed by atoms with E-state index in [4.69, 9.17) is 4.99 Å². The van der Waals surface area contributed by atoms with Gasteiger partial charge < -0.3 is 0 Å². The lowest BCUT2D eigenvalue weighted by molar-refractivity contribution is -0.117. The second kappa shape index (κ2) is 7.06. The van der Waals surface area contributed by atoms with Crippen molar-refractivity contribution in [2.24, 2.45) is 4.99 Å². The van der Waals surface area contributed by atoms with Gasteiger partial charge in [0.1, 0.15) is 11.5 Å². The van der Waals surface area contributed by atoms with Gasteiger partial charge in [-0.2, -0.15) is 0 Å². The number of aliphatic imine (C=N–C) groups is 1. The molecule has 5 rings (SSSR count). The Labute approximate surface area is 167 Å². The molecule has 27 heavy (non-hydrogen) atoms. The number of thiophene rings is 2.